The fraction of sp³-hybridized carbons (Fsp3) is 0.591. The summed E-state index contributed by atoms with van der Waals surface area (Å²) in [6, 6.07) is 5.52. The Morgan fingerprint density at radius 2 is 1.84 bits per heavy atom. The number of hydrogen-bond acceptors (Lipinski definition) is 7. The SMILES string of the molecule is CCOc1cc(CN2CCC(C(=O)NCC3CCCO3)CC2)ccc1O.O=C(O)C(=O)O. The molecule has 32 heavy (non-hydrogen) atoms. The van der Waals surface area contributed by atoms with Gasteiger partial charge in [0.25, 0.3) is 0 Å². The number of nitrogens with one attached hydrogen (secondary N) is 1. The molecule has 0 aliphatic carbocycles. The van der Waals surface area contributed by atoms with Crippen molar-refractivity contribution in [1.82, 2.24) is 10.2 Å². The van der Waals surface area contributed by atoms with Crippen LogP contribution in [0, 0.1) is 5.92 Å². The molecule has 1 atom stereocenters. The Kier molecular flexibility index (Phi) is 10.2. The smallest absolute Gasteiger partial charge is 0.414 e. The van der Waals surface area contributed by atoms with E-state index in [1.54, 1.807) is 6.07 Å². The number of piperidine rings is 1. The lowest BCUT2D eigenvalue weighted by atomic mass is 9.95. The highest BCUT2D eigenvalue weighted by molar-refractivity contribution is 6.27. The van der Waals surface area contributed by atoms with Gasteiger partial charge in [-0.3, -0.25) is 9.69 Å². The highest BCUT2D eigenvalue weighted by Crippen LogP contribution is 2.28. The first-order chi connectivity index (χ1) is 15.3. The van der Waals surface area contributed by atoms with Crippen molar-refractivity contribution in [2.75, 3.05) is 32.8 Å². The summed E-state index contributed by atoms with van der Waals surface area (Å²) >= 11 is 0. The van der Waals surface area contributed by atoms with E-state index in [0.29, 0.717) is 18.9 Å². The summed E-state index contributed by atoms with van der Waals surface area (Å²) in [4.78, 5) is 32.9. The first kappa shape index (κ1) is 25.4. The standard InChI is InChI=1S/C20H30N2O4.C2H2O4/c1-2-25-19-12-15(5-6-18(19)23)14-22-9-7-16(8-10-22)20(24)21-13-17-4-3-11-26-17;3-1(4)2(5)6/h5-6,12,16-17,23H,2-4,7-11,13-14H2,1H3,(H,21,24);(H,3,4)(H,5,6). The maximum absolute atomic E-state index is 12.3. The van der Waals surface area contributed by atoms with E-state index < -0.39 is 11.9 Å². The quantitative estimate of drug-likeness (QED) is 0.452. The van der Waals surface area contributed by atoms with Crippen LogP contribution in [0.2, 0.25) is 0 Å². The van der Waals surface area contributed by atoms with Gasteiger partial charge in [-0.15, -0.1) is 0 Å². The Hall–Kier alpha value is -2.85. The van der Waals surface area contributed by atoms with Crippen LogP contribution in [-0.4, -0.2) is 77.0 Å². The predicted octanol–water partition coefficient (Wildman–Crippen LogP) is 1.45. The van der Waals surface area contributed by atoms with Crippen LogP contribution in [0.1, 0.15) is 38.2 Å². The molecule has 0 spiro atoms. The molecule has 2 aliphatic heterocycles. The number of phenolic OH excluding ortho intramolecular Hbond substituents is 1. The van der Waals surface area contributed by atoms with Gasteiger partial charge in [0.15, 0.2) is 11.5 Å². The third kappa shape index (κ3) is 8.35. The van der Waals surface area contributed by atoms with Crippen LogP contribution < -0.4 is 10.1 Å². The number of rotatable bonds is 7. The van der Waals surface area contributed by atoms with E-state index in [4.69, 9.17) is 29.3 Å². The topological polar surface area (TPSA) is 146 Å². The predicted molar refractivity (Wildman–Crippen MR) is 115 cm³/mol. The molecule has 0 saturated carbocycles. The minimum Gasteiger partial charge on any atom is -0.504 e. The number of aromatic hydroxyl groups is 1. The first-order valence-electron chi connectivity index (χ1n) is 10.8. The molecule has 1 aromatic rings. The number of phenols is 1. The normalized spacial score (nSPS) is 19.0. The minimum absolute atomic E-state index is 0.103. The molecule has 2 saturated heterocycles. The Balaban J connectivity index is 0.000000534. The van der Waals surface area contributed by atoms with Gasteiger partial charge >= 0.3 is 11.9 Å². The number of likely N-dealkylation sites (tertiary alicyclic amines) is 1. The maximum atomic E-state index is 12.3. The number of benzene rings is 1. The van der Waals surface area contributed by atoms with Crippen molar-refractivity contribution in [3.63, 3.8) is 0 Å². The molecule has 0 radical (unpaired) electrons. The summed E-state index contributed by atoms with van der Waals surface area (Å²) in [5.41, 5.74) is 1.12. The Labute approximate surface area is 187 Å². The molecule has 1 unspecified atom stereocenters. The Bertz CT molecular complexity index is 759. The molecule has 4 N–H and O–H groups in total. The fourth-order valence-electron chi connectivity index (χ4n) is 3.70. The average molecular weight is 453 g/mol. The van der Waals surface area contributed by atoms with Gasteiger partial charge in [-0.05, 0) is 63.4 Å². The first-order valence-corrected chi connectivity index (χ1v) is 10.8. The molecule has 10 heteroatoms. The molecule has 2 aliphatic rings. The number of amides is 1. The van der Waals surface area contributed by atoms with Crippen molar-refractivity contribution >= 4 is 17.8 Å². The number of ether oxygens (including phenoxy) is 2. The van der Waals surface area contributed by atoms with Crippen LogP contribution in [0.15, 0.2) is 18.2 Å². The zero-order chi connectivity index (χ0) is 23.5. The third-order valence-corrected chi connectivity index (χ3v) is 5.40. The van der Waals surface area contributed by atoms with E-state index in [9.17, 15) is 9.90 Å². The summed E-state index contributed by atoms with van der Waals surface area (Å²) in [6.45, 7) is 6.52. The van der Waals surface area contributed by atoms with E-state index >= 15 is 0 Å². The molecule has 1 amide bonds. The number of hydrogen-bond donors (Lipinski definition) is 4. The zero-order valence-corrected chi connectivity index (χ0v) is 18.3. The highest BCUT2D eigenvalue weighted by Gasteiger charge is 2.26. The molecule has 2 heterocycles. The maximum Gasteiger partial charge on any atom is 0.414 e. The average Bonchev–Trinajstić information content (AvgIpc) is 3.29. The second kappa shape index (κ2) is 12.9. The van der Waals surface area contributed by atoms with Crippen molar-refractivity contribution in [2.45, 2.75) is 45.3 Å². The van der Waals surface area contributed by atoms with Crippen LogP contribution in [0.3, 0.4) is 0 Å². The second-order valence-electron chi connectivity index (χ2n) is 7.78. The van der Waals surface area contributed by atoms with Crippen molar-refractivity contribution in [3.8, 4) is 11.5 Å². The highest BCUT2D eigenvalue weighted by atomic mass is 16.5. The summed E-state index contributed by atoms with van der Waals surface area (Å²) in [7, 11) is 0. The van der Waals surface area contributed by atoms with Crippen molar-refractivity contribution in [2.24, 2.45) is 5.92 Å². The number of nitrogens with zero attached hydrogens (tertiary/aromatic N) is 1. The van der Waals surface area contributed by atoms with Crippen LogP contribution in [0.5, 0.6) is 11.5 Å². The van der Waals surface area contributed by atoms with E-state index in [-0.39, 0.29) is 23.7 Å². The summed E-state index contributed by atoms with van der Waals surface area (Å²) in [5.74, 6) is -2.66. The van der Waals surface area contributed by atoms with Crippen LogP contribution in [0.4, 0.5) is 0 Å². The number of carbonyl (C=O) groups is 3. The lowest BCUT2D eigenvalue weighted by Crippen LogP contribution is -2.42. The van der Waals surface area contributed by atoms with Gasteiger partial charge in [0.05, 0.1) is 12.7 Å². The second-order valence-corrected chi connectivity index (χ2v) is 7.78. The largest absolute Gasteiger partial charge is 0.504 e. The molecule has 3 rings (SSSR count). The van der Waals surface area contributed by atoms with Gasteiger partial charge in [-0.2, -0.15) is 0 Å². The van der Waals surface area contributed by atoms with Gasteiger partial charge in [0, 0.05) is 25.6 Å². The van der Waals surface area contributed by atoms with Gasteiger partial charge in [-0.25, -0.2) is 9.59 Å². The van der Waals surface area contributed by atoms with Crippen LogP contribution in [0.25, 0.3) is 0 Å². The van der Waals surface area contributed by atoms with Crippen LogP contribution in [-0.2, 0) is 25.7 Å². The molecule has 1 aromatic carbocycles. The molecule has 0 aromatic heterocycles. The van der Waals surface area contributed by atoms with E-state index in [0.717, 1.165) is 57.5 Å². The summed E-state index contributed by atoms with van der Waals surface area (Å²) < 4.78 is 11.0. The number of aliphatic carboxylic acids is 2. The number of carbonyl (C=O) groups excluding carboxylic acids is 1. The lowest BCUT2D eigenvalue weighted by molar-refractivity contribution is -0.159. The van der Waals surface area contributed by atoms with Crippen molar-refractivity contribution < 1.29 is 39.2 Å². The summed E-state index contributed by atoms with van der Waals surface area (Å²) in [6.07, 6.45) is 4.12. The van der Waals surface area contributed by atoms with E-state index in [1.165, 1.54) is 0 Å². The molecular weight excluding hydrogens is 420 g/mol. The lowest BCUT2D eigenvalue weighted by Gasteiger charge is -2.31. The van der Waals surface area contributed by atoms with Crippen molar-refractivity contribution in [3.05, 3.63) is 23.8 Å². The fourth-order valence-corrected chi connectivity index (χ4v) is 3.70. The van der Waals surface area contributed by atoms with E-state index in [2.05, 4.69) is 10.2 Å². The van der Waals surface area contributed by atoms with Gasteiger partial charge in [0.1, 0.15) is 0 Å². The number of carboxylic acids is 2. The summed E-state index contributed by atoms with van der Waals surface area (Å²) in [5, 5.41) is 27.6. The zero-order valence-electron chi connectivity index (χ0n) is 18.3. The van der Waals surface area contributed by atoms with E-state index in [1.807, 2.05) is 19.1 Å². The molecule has 2 fully saturated rings. The van der Waals surface area contributed by atoms with Crippen molar-refractivity contribution in [1.29, 1.82) is 0 Å². The minimum atomic E-state index is -1.82. The van der Waals surface area contributed by atoms with Crippen LogP contribution >= 0.6 is 0 Å². The molecular formula is C22H32N2O8. The van der Waals surface area contributed by atoms with Gasteiger partial charge in [0.2, 0.25) is 5.91 Å². The Morgan fingerprint density at radius 3 is 2.41 bits per heavy atom. The van der Waals surface area contributed by atoms with Gasteiger partial charge in [-0.1, -0.05) is 6.07 Å². The third-order valence-electron chi connectivity index (χ3n) is 5.40. The van der Waals surface area contributed by atoms with Gasteiger partial charge < -0.3 is 30.1 Å². The molecule has 178 valence electrons. The Morgan fingerprint density at radius 1 is 1.16 bits per heavy atom. The monoisotopic (exact) mass is 452 g/mol. The molecule has 10 nitrogen and oxygen atoms in total. The molecule has 0 bridgehead atoms. The number of carboxylic acid groups (broad SMARTS) is 2.